The van der Waals surface area contributed by atoms with Crippen molar-refractivity contribution in [2.45, 2.75) is 19.3 Å². The van der Waals surface area contributed by atoms with E-state index in [4.69, 9.17) is 11.6 Å². The summed E-state index contributed by atoms with van der Waals surface area (Å²) >= 11 is 5.19. The molecule has 0 spiro atoms. The van der Waals surface area contributed by atoms with Gasteiger partial charge in [0.05, 0.1) is 0 Å². The van der Waals surface area contributed by atoms with Crippen LogP contribution in [0.1, 0.15) is 19.3 Å². The van der Waals surface area contributed by atoms with Gasteiger partial charge in [0.25, 0.3) is 0 Å². The Balaban J connectivity index is 2.22. The van der Waals surface area contributed by atoms with Crippen molar-refractivity contribution < 1.29 is 13.2 Å². The third-order valence-electron chi connectivity index (χ3n) is 2.26. The summed E-state index contributed by atoms with van der Waals surface area (Å²) in [5, 5.41) is -0.467. The second kappa shape index (κ2) is 5.67. The minimum absolute atomic E-state index is 0.00442. The molecule has 1 aliphatic heterocycles. The Morgan fingerprint density at radius 3 is 2.47 bits per heavy atom. The molecule has 1 fully saturated rings. The summed E-state index contributed by atoms with van der Waals surface area (Å²) in [7, 11) is -3.39. The van der Waals surface area contributed by atoms with Gasteiger partial charge in [-0.25, -0.2) is 13.1 Å². The Labute approximate surface area is 94.8 Å². The van der Waals surface area contributed by atoms with Gasteiger partial charge in [-0.15, -0.1) is 11.6 Å². The normalized spacial score (nSPS) is 17.0. The number of halogens is 1. The lowest BCUT2D eigenvalue weighted by Crippen LogP contribution is -2.33. The smallest absolute Gasteiger partial charge is 0.225 e. The van der Waals surface area contributed by atoms with Crippen LogP contribution in [0.5, 0.6) is 0 Å². The number of hydrogen-bond donors (Lipinski definition) is 1. The molecule has 15 heavy (non-hydrogen) atoms. The van der Waals surface area contributed by atoms with E-state index in [0.717, 1.165) is 25.9 Å². The third-order valence-corrected chi connectivity index (χ3v) is 4.06. The number of sulfonamides is 1. The summed E-state index contributed by atoms with van der Waals surface area (Å²) in [6, 6.07) is 0. The Kier molecular flexibility index (Phi) is 4.82. The summed E-state index contributed by atoms with van der Waals surface area (Å²) in [6.45, 7) is 1.71. The summed E-state index contributed by atoms with van der Waals surface area (Å²) in [4.78, 5) is 13.2. The minimum Gasteiger partial charge on any atom is -0.343 e. The third kappa shape index (κ3) is 4.36. The largest absolute Gasteiger partial charge is 0.343 e. The number of carbonyl (C=O) groups excluding carboxylic acids is 1. The van der Waals surface area contributed by atoms with E-state index >= 15 is 0 Å². The molecule has 88 valence electrons. The molecule has 7 heteroatoms. The molecule has 1 heterocycles. The van der Waals surface area contributed by atoms with Crippen LogP contribution in [0.4, 0.5) is 0 Å². The topological polar surface area (TPSA) is 66.5 Å². The van der Waals surface area contributed by atoms with Crippen LogP contribution in [0.25, 0.3) is 0 Å². The van der Waals surface area contributed by atoms with Gasteiger partial charge in [0.2, 0.25) is 15.9 Å². The fourth-order valence-electron chi connectivity index (χ4n) is 1.48. The maximum atomic E-state index is 11.5. The lowest BCUT2D eigenvalue weighted by Gasteiger charge is -2.14. The van der Waals surface area contributed by atoms with Crippen LogP contribution in [-0.2, 0) is 14.8 Å². The molecule has 1 amide bonds. The average molecular weight is 255 g/mol. The molecule has 1 aliphatic rings. The molecular formula is C8H15ClN2O3S. The number of amides is 1. The maximum Gasteiger partial charge on any atom is 0.225 e. The van der Waals surface area contributed by atoms with E-state index in [1.807, 2.05) is 0 Å². The molecule has 0 bridgehead atoms. The van der Waals surface area contributed by atoms with Crippen LogP contribution in [0.15, 0.2) is 0 Å². The van der Waals surface area contributed by atoms with Crippen molar-refractivity contribution in [3.63, 3.8) is 0 Å². The molecule has 0 aromatic rings. The van der Waals surface area contributed by atoms with E-state index in [1.165, 1.54) is 0 Å². The van der Waals surface area contributed by atoms with E-state index < -0.39 is 15.2 Å². The molecule has 0 aliphatic carbocycles. The zero-order chi connectivity index (χ0) is 11.3. The van der Waals surface area contributed by atoms with Gasteiger partial charge in [0.15, 0.2) is 0 Å². The Hall–Kier alpha value is -0.330. The molecule has 1 N–H and O–H groups in total. The number of nitrogens with one attached hydrogen (secondary N) is 1. The fourth-order valence-corrected chi connectivity index (χ4v) is 2.20. The number of nitrogens with zero attached hydrogens (tertiary/aromatic N) is 1. The molecule has 5 nitrogen and oxygen atoms in total. The van der Waals surface area contributed by atoms with Gasteiger partial charge in [-0.1, -0.05) is 0 Å². The number of rotatable bonds is 5. The predicted molar refractivity (Wildman–Crippen MR) is 58.1 cm³/mol. The standard InChI is InChI=1S/C8H15ClN2O3S/c9-7-15(13,14)10-4-3-8(12)11-5-1-2-6-11/h10H,1-7H2. The number of carbonyl (C=O) groups is 1. The van der Waals surface area contributed by atoms with E-state index in [9.17, 15) is 13.2 Å². The van der Waals surface area contributed by atoms with Crippen molar-refractivity contribution >= 4 is 27.5 Å². The van der Waals surface area contributed by atoms with Crippen molar-refractivity contribution in [3.05, 3.63) is 0 Å². The Morgan fingerprint density at radius 2 is 1.93 bits per heavy atom. The van der Waals surface area contributed by atoms with Gasteiger partial charge in [0, 0.05) is 26.1 Å². The zero-order valence-corrected chi connectivity index (χ0v) is 9.98. The summed E-state index contributed by atoms with van der Waals surface area (Å²) in [6.07, 6.45) is 2.29. The first-order valence-electron chi connectivity index (χ1n) is 4.86. The fraction of sp³-hybridized carbons (Fsp3) is 0.875. The molecular weight excluding hydrogens is 240 g/mol. The zero-order valence-electron chi connectivity index (χ0n) is 8.41. The Bertz CT molecular complexity index is 312. The monoisotopic (exact) mass is 254 g/mol. The van der Waals surface area contributed by atoms with Gasteiger partial charge in [-0.05, 0) is 12.8 Å². The minimum atomic E-state index is -3.39. The van der Waals surface area contributed by atoms with Gasteiger partial charge < -0.3 is 4.90 Å². The van der Waals surface area contributed by atoms with E-state index in [2.05, 4.69) is 4.72 Å². The highest BCUT2D eigenvalue weighted by Gasteiger charge is 2.17. The molecule has 0 saturated carbocycles. The second-order valence-corrected chi connectivity index (χ2v) is 5.85. The average Bonchev–Trinajstić information content (AvgIpc) is 2.70. The van der Waals surface area contributed by atoms with Crippen LogP contribution in [0.2, 0.25) is 0 Å². The molecule has 0 unspecified atom stereocenters. The Morgan fingerprint density at radius 1 is 1.33 bits per heavy atom. The van der Waals surface area contributed by atoms with Gasteiger partial charge in [-0.2, -0.15) is 0 Å². The highest BCUT2D eigenvalue weighted by Crippen LogP contribution is 2.08. The highest BCUT2D eigenvalue weighted by atomic mass is 35.5. The van der Waals surface area contributed by atoms with E-state index in [-0.39, 0.29) is 18.9 Å². The van der Waals surface area contributed by atoms with E-state index in [1.54, 1.807) is 4.90 Å². The number of alkyl halides is 1. The van der Waals surface area contributed by atoms with Crippen molar-refractivity contribution in [2.24, 2.45) is 0 Å². The lowest BCUT2D eigenvalue weighted by atomic mass is 10.4. The molecule has 0 atom stereocenters. The van der Waals surface area contributed by atoms with Gasteiger partial charge in [0.1, 0.15) is 5.21 Å². The van der Waals surface area contributed by atoms with Crippen LogP contribution >= 0.6 is 11.6 Å². The molecule has 0 aromatic heterocycles. The number of hydrogen-bond acceptors (Lipinski definition) is 3. The lowest BCUT2D eigenvalue weighted by molar-refractivity contribution is -0.129. The van der Waals surface area contributed by atoms with E-state index in [0.29, 0.717) is 0 Å². The van der Waals surface area contributed by atoms with Crippen molar-refractivity contribution in [3.8, 4) is 0 Å². The van der Waals surface area contributed by atoms with Gasteiger partial charge in [-0.3, -0.25) is 4.79 Å². The van der Waals surface area contributed by atoms with Crippen molar-refractivity contribution in [1.82, 2.24) is 9.62 Å². The van der Waals surface area contributed by atoms with Crippen LogP contribution < -0.4 is 4.72 Å². The highest BCUT2D eigenvalue weighted by molar-refractivity contribution is 7.90. The van der Waals surface area contributed by atoms with Crippen LogP contribution in [0, 0.1) is 0 Å². The second-order valence-electron chi connectivity index (χ2n) is 3.46. The quantitative estimate of drug-likeness (QED) is 0.709. The van der Waals surface area contributed by atoms with Crippen LogP contribution in [-0.4, -0.2) is 44.1 Å². The first kappa shape index (κ1) is 12.7. The number of likely N-dealkylation sites (tertiary alicyclic amines) is 1. The van der Waals surface area contributed by atoms with Crippen molar-refractivity contribution in [2.75, 3.05) is 24.8 Å². The predicted octanol–water partition coefficient (Wildman–Crippen LogP) is 0.115. The van der Waals surface area contributed by atoms with Gasteiger partial charge >= 0.3 is 0 Å². The first-order valence-corrected chi connectivity index (χ1v) is 7.05. The summed E-state index contributed by atoms with van der Waals surface area (Å²) in [5.74, 6) is 0.00442. The molecule has 1 rings (SSSR count). The maximum absolute atomic E-state index is 11.5. The van der Waals surface area contributed by atoms with Crippen LogP contribution in [0.3, 0.4) is 0 Å². The van der Waals surface area contributed by atoms with Crippen molar-refractivity contribution in [1.29, 1.82) is 0 Å². The first-order chi connectivity index (χ1) is 7.05. The molecule has 0 radical (unpaired) electrons. The molecule has 0 aromatic carbocycles. The summed E-state index contributed by atoms with van der Waals surface area (Å²) in [5.41, 5.74) is 0. The summed E-state index contributed by atoms with van der Waals surface area (Å²) < 4.78 is 24.1. The SMILES string of the molecule is O=C(CCNS(=O)(=O)CCl)N1CCCC1. The molecule has 1 saturated heterocycles.